The predicted molar refractivity (Wildman–Crippen MR) is 140 cm³/mol. The Morgan fingerprint density at radius 3 is 2.29 bits per heavy atom. The van der Waals surface area contributed by atoms with Crippen LogP contribution in [-0.2, 0) is 0 Å². The Hall–Kier alpha value is -2.32. The number of likely N-dealkylation sites (tertiary alicyclic amines) is 1. The molecule has 1 aliphatic carbocycles. The van der Waals surface area contributed by atoms with Crippen LogP contribution in [0.1, 0.15) is 51.4 Å². The molecule has 2 heterocycles. The Balaban J connectivity index is 1.63. The minimum Gasteiger partial charge on any atom is -0.495 e. The van der Waals surface area contributed by atoms with Crippen molar-refractivity contribution in [3.05, 3.63) is 23.2 Å². The molecule has 4 rings (SSSR count). The van der Waals surface area contributed by atoms with Crippen LogP contribution >= 0.6 is 11.6 Å². The van der Waals surface area contributed by atoms with Gasteiger partial charge in [-0.25, -0.2) is 0 Å². The second kappa shape index (κ2) is 11.4. The highest BCUT2D eigenvalue weighted by atomic mass is 35.5. The summed E-state index contributed by atoms with van der Waals surface area (Å²) in [6.07, 6.45) is 9.64. The number of ether oxygens (including phenoxy) is 1. The second-order valence-corrected chi connectivity index (χ2v) is 10.0. The van der Waals surface area contributed by atoms with Crippen LogP contribution in [-0.4, -0.2) is 73.3 Å². The zero-order valence-electron chi connectivity index (χ0n) is 20.9. The number of rotatable bonds is 7. The number of piperidine rings is 1. The Bertz CT molecular complexity index is 943. The zero-order chi connectivity index (χ0) is 24.1. The number of methoxy groups -OCH3 is 1. The van der Waals surface area contributed by atoms with E-state index < -0.39 is 0 Å². The van der Waals surface area contributed by atoms with Crippen LogP contribution in [0.4, 0.5) is 23.5 Å². The zero-order valence-corrected chi connectivity index (χ0v) is 21.7. The molecule has 1 N–H and O–H groups in total. The molecule has 2 aliphatic rings. The van der Waals surface area contributed by atoms with Gasteiger partial charge in [-0.3, -0.25) is 0 Å². The number of nitrogens with one attached hydrogen (secondary N) is 1. The summed E-state index contributed by atoms with van der Waals surface area (Å²) in [5.41, 5.74) is 0.894. The summed E-state index contributed by atoms with van der Waals surface area (Å²) in [4.78, 5) is 21.2. The lowest BCUT2D eigenvalue weighted by Gasteiger charge is -2.35. The third kappa shape index (κ3) is 6.02. The van der Waals surface area contributed by atoms with Crippen LogP contribution in [0.15, 0.2) is 18.2 Å². The van der Waals surface area contributed by atoms with Gasteiger partial charge in [-0.1, -0.05) is 37.3 Å². The van der Waals surface area contributed by atoms with Crippen LogP contribution in [0.25, 0.3) is 0 Å². The summed E-state index contributed by atoms with van der Waals surface area (Å²) in [5.74, 6) is 2.61. The molecule has 0 atom stereocenters. The van der Waals surface area contributed by atoms with Crippen molar-refractivity contribution in [3.8, 4) is 5.75 Å². The van der Waals surface area contributed by atoms with E-state index in [2.05, 4.69) is 29.2 Å². The first kappa shape index (κ1) is 24.8. The molecule has 1 saturated carbocycles. The first-order valence-electron chi connectivity index (χ1n) is 12.5. The van der Waals surface area contributed by atoms with Gasteiger partial charge < -0.3 is 24.8 Å². The van der Waals surface area contributed by atoms with Gasteiger partial charge >= 0.3 is 0 Å². The number of hydrogen-bond acceptors (Lipinski definition) is 8. The van der Waals surface area contributed by atoms with E-state index in [0.29, 0.717) is 40.7 Å². The summed E-state index contributed by atoms with van der Waals surface area (Å²) < 4.78 is 5.31. The van der Waals surface area contributed by atoms with Crippen molar-refractivity contribution in [2.24, 2.45) is 0 Å². The summed E-state index contributed by atoms with van der Waals surface area (Å²) in [5, 5.41) is 4.19. The Morgan fingerprint density at radius 1 is 0.971 bits per heavy atom. The Morgan fingerprint density at radius 2 is 1.65 bits per heavy atom. The van der Waals surface area contributed by atoms with Gasteiger partial charge in [0.05, 0.1) is 12.1 Å². The molecular weight excluding hydrogens is 450 g/mol. The fraction of sp³-hybridized carbons (Fsp3) is 0.640. The highest BCUT2D eigenvalue weighted by Gasteiger charge is 2.25. The average molecular weight is 488 g/mol. The van der Waals surface area contributed by atoms with E-state index in [-0.39, 0.29) is 0 Å². The molecule has 2 fully saturated rings. The molecule has 8 nitrogen and oxygen atoms in total. The predicted octanol–water partition coefficient (Wildman–Crippen LogP) is 4.97. The lowest BCUT2D eigenvalue weighted by atomic mass is 10.0. The lowest BCUT2D eigenvalue weighted by molar-refractivity contribution is 0.252. The molecule has 1 saturated heterocycles. The maximum absolute atomic E-state index is 6.40. The van der Waals surface area contributed by atoms with Crippen LogP contribution < -0.4 is 19.9 Å². The third-order valence-electron chi connectivity index (χ3n) is 7.17. The average Bonchev–Trinajstić information content (AvgIpc) is 3.12. The summed E-state index contributed by atoms with van der Waals surface area (Å²) in [7, 11) is 7.87. The molecule has 186 valence electrons. The minimum atomic E-state index is 0.403. The first-order valence-corrected chi connectivity index (χ1v) is 12.8. The van der Waals surface area contributed by atoms with Crippen molar-refractivity contribution in [2.45, 2.75) is 63.5 Å². The van der Waals surface area contributed by atoms with E-state index in [1.54, 1.807) is 7.11 Å². The number of nitrogens with zero attached hydrogens (tertiary/aromatic N) is 6. The smallest absolute Gasteiger partial charge is 0.236 e. The number of hydrogen-bond donors (Lipinski definition) is 1. The van der Waals surface area contributed by atoms with Gasteiger partial charge in [0.2, 0.25) is 17.8 Å². The topological polar surface area (TPSA) is 69.7 Å². The van der Waals surface area contributed by atoms with Crippen molar-refractivity contribution in [1.29, 1.82) is 0 Å². The summed E-state index contributed by atoms with van der Waals surface area (Å²) in [6, 6.07) is 6.53. The molecule has 34 heavy (non-hydrogen) atoms. The fourth-order valence-corrected chi connectivity index (χ4v) is 5.11. The van der Waals surface area contributed by atoms with Crippen molar-refractivity contribution < 1.29 is 4.74 Å². The Labute approximate surface area is 208 Å². The van der Waals surface area contributed by atoms with E-state index in [0.717, 1.165) is 44.5 Å². The standard InChI is InChI=1S/C25H38ClN7O/c1-31-15-13-19(14-16-31)32(2)24-28-23(27-18-9-7-5-6-8-10-18)29-25(30-24)33(3)20-11-12-22(34-4)21(26)17-20/h11-12,17-19H,5-10,13-16H2,1-4H3,(H,27,28,29,30). The third-order valence-corrected chi connectivity index (χ3v) is 7.47. The minimum absolute atomic E-state index is 0.403. The Kier molecular flexibility index (Phi) is 8.32. The number of benzene rings is 1. The number of aromatic nitrogens is 3. The molecular formula is C25H38ClN7O. The molecule has 1 aliphatic heterocycles. The van der Waals surface area contributed by atoms with Crippen molar-refractivity contribution in [3.63, 3.8) is 0 Å². The molecule has 2 aromatic rings. The van der Waals surface area contributed by atoms with Gasteiger partial charge in [0.25, 0.3) is 0 Å². The van der Waals surface area contributed by atoms with Crippen molar-refractivity contribution in [2.75, 3.05) is 56.5 Å². The van der Waals surface area contributed by atoms with Gasteiger partial charge in [0.15, 0.2) is 0 Å². The highest BCUT2D eigenvalue weighted by Crippen LogP contribution is 2.32. The molecule has 0 bridgehead atoms. The molecule has 0 unspecified atom stereocenters. The lowest BCUT2D eigenvalue weighted by Crippen LogP contribution is -2.42. The van der Waals surface area contributed by atoms with E-state index in [4.69, 9.17) is 31.3 Å². The molecule has 1 aromatic heterocycles. The largest absolute Gasteiger partial charge is 0.495 e. The van der Waals surface area contributed by atoms with E-state index in [1.165, 1.54) is 25.7 Å². The van der Waals surface area contributed by atoms with Crippen molar-refractivity contribution in [1.82, 2.24) is 19.9 Å². The molecule has 0 spiro atoms. The van der Waals surface area contributed by atoms with Gasteiger partial charge in [0.1, 0.15) is 5.75 Å². The number of halogens is 1. The molecule has 0 radical (unpaired) electrons. The summed E-state index contributed by atoms with van der Waals surface area (Å²) in [6.45, 7) is 2.18. The quantitative estimate of drug-likeness (QED) is 0.549. The van der Waals surface area contributed by atoms with Gasteiger partial charge in [0, 0.05) is 31.9 Å². The van der Waals surface area contributed by atoms with Crippen LogP contribution in [0.3, 0.4) is 0 Å². The van der Waals surface area contributed by atoms with E-state index in [1.807, 2.05) is 30.1 Å². The van der Waals surface area contributed by atoms with E-state index in [9.17, 15) is 0 Å². The van der Waals surface area contributed by atoms with Gasteiger partial charge in [-0.2, -0.15) is 15.0 Å². The van der Waals surface area contributed by atoms with Gasteiger partial charge in [-0.05, 0) is 64.0 Å². The number of anilines is 4. The molecule has 9 heteroatoms. The molecule has 1 aromatic carbocycles. The van der Waals surface area contributed by atoms with Crippen LogP contribution in [0.5, 0.6) is 5.75 Å². The van der Waals surface area contributed by atoms with Gasteiger partial charge in [-0.15, -0.1) is 0 Å². The molecule has 0 amide bonds. The monoisotopic (exact) mass is 487 g/mol. The van der Waals surface area contributed by atoms with Crippen LogP contribution in [0.2, 0.25) is 5.02 Å². The first-order chi connectivity index (χ1) is 16.4. The maximum Gasteiger partial charge on any atom is 0.236 e. The maximum atomic E-state index is 6.40. The normalized spacial score (nSPS) is 18.4. The fourth-order valence-electron chi connectivity index (χ4n) is 4.86. The summed E-state index contributed by atoms with van der Waals surface area (Å²) >= 11 is 6.40. The van der Waals surface area contributed by atoms with Crippen molar-refractivity contribution >= 4 is 35.1 Å². The van der Waals surface area contributed by atoms with Crippen LogP contribution in [0, 0.1) is 0 Å². The SMILES string of the molecule is COc1ccc(N(C)c2nc(NC3CCCCCC3)nc(N(C)C3CCN(C)CC3)n2)cc1Cl. The highest BCUT2D eigenvalue weighted by molar-refractivity contribution is 6.32. The second-order valence-electron chi connectivity index (χ2n) is 9.62. The van der Waals surface area contributed by atoms with E-state index >= 15 is 0 Å².